The molecule has 0 spiro atoms. The van der Waals surface area contributed by atoms with E-state index in [9.17, 15) is 9.00 Å². The smallest absolute Gasteiger partial charge is 0.304 e. The summed E-state index contributed by atoms with van der Waals surface area (Å²) in [6.07, 6.45) is 2.63. The largest absolute Gasteiger partial charge is 0.481 e. The number of hydrogen-bond donors (Lipinski definition) is 2. The quantitative estimate of drug-likeness (QED) is 0.586. The zero-order chi connectivity index (χ0) is 10.3. The summed E-state index contributed by atoms with van der Waals surface area (Å²) in [6, 6.07) is -0.0113. The van der Waals surface area contributed by atoms with Gasteiger partial charge in [-0.25, -0.2) is 0 Å². The summed E-state index contributed by atoms with van der Waals surface area (Å²) in [5.74, 6) is -0.119. The number of carboxylic acid groups (broad SMARTS) is 1. The van der Waals surface area contributed by atoms with Gasteiger partial charge in [0.05, 0.1) is 6.42 Å². The van der Waals surface area contributed by atoms with E-state index in [1.807, 2.05) is 6.92 Å². The van der Waals surface area contributed by atoms with Crippen molar-refractivity contribution < 1.29 is 14.1 Å². The molecule has 2 atom stereocenters. The fraction of sp³-hybridized carbons (Fsp3) is 0.875. The second-order valence-electron chi connectivity index (χ2n) is 3.08. The predicted octanol–water partition coefficient (Wildman–Crippen LogP) is 0.208. The zero-order valence-electron chi connectivity index (χ0n) is 8.08. The van der Waals surface area contributed by atoms with E-state index < -0.39 is 16.8 Å². The van der Waals surface area contributed by atoms with Crippen LogP contribution in [0, 0.1) is 0 Å². The van der Waals surface area contributed by atoms with Crippen molar-refractivity contribution in [3.05, 3.63) is 0 Å². The van der Waals surface area contributed by atoms with E-state index >= 15 is 0 Å². The Balaban J connectivity index is 3.31. The number of rotatable bonds is 7. The number of carbonyl (C=O) groups is 1. The maximum Gasteiger partial charge on any atom is 0.304 e. The van der Waals surface area contributed by atoms with Gasteiger partial charge in [-0.2, -0.15) is 0 Å². The molecule has 0 fully saturated rings. The van der Waals surface area contributed by atoms with Crippen LogP contribution in [-0.2, 0) is 15.6 Å². The third-order valence-electron chi connectivity index (χ3n) is 1.58. The second-order valence-corrected chi connectivity index (χ2v) is 4.64. The number of hydrogen-bond acceptors (Lipinski definition) is 3. The van der Waals surface area contributed by atoms with Crippen LogP contribution in [0.5, 0.6) is 0 Å². The van der Waals surface area contributed by atoms with E-state index in [0.717, 1.165) is 13.0 Å². The van der Waals surface area contributed by atoms with E-state index in [1.165, 1.54) is 0 Å². The lowest BCUT2D eigenvalue weighted by Crippen LogP contribution is -2.29. The number of nitrogens with one attached hydrogen (secondary N) is 1. The maximum atomic E-state index is 10.7. The van der Waals surface area contributed by atoms with Gasteiger partial charge >= 0.3 is 5.97 Å². The Morgan fingerprint density at radius 3 is 2.69 bits per heavy atom. The summed E-state index contributed by atoms with van der Waals surface area (Å²) in [7, 11) is -0.747. The highest BCUT2D eigenvalue weighted by Gasteiger charge is 2.05. The molecule has 0 aliphatic rings. The third kappa shape index (κ3) is 9.49. The summed E-state index contributed by atoms with van der Waals surface area (Å²) in [6.45, 7) is 2.56. The van der Waals surface area contributed by atoms with E-state index in [1.54, 1.807) is 6.26 Å². The van der Waals surface area contributed by atoms with E-state index in [2.05, 4.69) is 5.32 Å². The van der Waals surface area contributed by atoms with Crippen molar-refractivity contribution in [1.82, 2.24) is 5.32 Å². The number of carboxylic acids is 1. The van der Waals surface area contributed by atoms with Crippen LogP contribution in [-0.4, -0.2) is 39.9 Å². The molecular formula is C8H17NO3S. The highest BCUT2D eigenvalue weighted by atomic mass is 32.2. The molecular weight excluding hydrogens is 190 g/mol. The molecule has 0 saturated heterocycles. The average Bonchev–Trinajstić information content (AvgIpc) is 1.96. The van der Waals surface area contributed by atoms with Crippen molar-refractivity contribution in [1.29, 1.82) is 0 Å². The standard InChI is InChI=1S/C8H17NO3S/c1-7(6-8(10)11)9-4-3-5-13(2)12/h7,9H,3-6H2,1-2H3,(H,10,11). The summed E-state index contributed by atoms with van der Waals surface area (Å²) in [5, 5.41) is 11.5. The molecule has 0 aromatic heterocycles. The molecule has 0 heterocycles. The zero-order valence-corrected chi connectivity index (χ0v) is 8.89. The minimum absolute atomic E-state index is 0.0113. The lowest BCUT2D eigenvalue weighted by atomic mass is 10.2. The van der Waals surface area contributed by atoms with E-state index in [4.69, 9.17) is 5.11 Å². The van der Waals surface area contributed by atoms with Crippen molar-refractivity contribution in [2.45, 2.75) is 25.8 Å². The van der Waals surface area contributed by atoms with Crippen molar-refractivity contribution in [3.63, 3.8) is 0 Å². The van der Waals surface area contributed by atoms with Gasteiger partial charge in [-0.15, -0.1) is 0 Å². The van der Waals surface area contributed by atoms with E-state index in [-0.39, 0.29) is 12.5 Å². The van der Waals surface area contributed by atoms with Gasteiger partial charge in [-0.1, -0.05) is 0 Å². The van der Waals surface area contributed by atoms with Gasteiger partial charge in [0.1, 0.15) is 0 Å². The van der Waals surface area contributed by atoms with Crippen molar-refractivity contribution in [3.8, 4) is 0 Å². The fourth-order valence-electron chi connectivity index (χ4n) is 0.958. The van der Waals surface area contributed by atoms with Crippen LogP contribution in [0.2, 0.25) is 0 Å². The van der Waals surface area contributed by atoms with E-state index in [0.29, 0.717) is 5.75 Å². The molecule has 0 rings (SSSR count). The summed E-state index contributed by atoms with van der Waals surface area (Å²) in [4.78, 5) is 10.3. The van der Waals surface area contributed by atoms with Gasteiger partial charge < -0.3 is 10.4 Å². The topological polar surface area (TPSA) is 66.4 Å². The minimum Gasteiger partial charge on any atom is -0.481 e. The molecule has 5 heteroatoms. The normalized spacial score (nSPS) is 15.2. The summed E-state index contributed by atoms with van der Waals surface area (Å²) in [5.41, 5.74) is 0. The highest BCUT2D eigenvalue weighted by molar-refractivity contribution is 7.84. The first-order valence-electron chi connectivity index (χ1n) is 4.27. The van der Waals surface area contributed by atoms with Gasteiger partial charge in [0.15, 0.2) is 0 Å². The van der Waals surface area contributed by atoms with Crippen LogP contribution in [0.1, 0.15) is 19.8 Å². The van der Waals surface area contributed by atoms with Crippen LogP contribution in [0.15, 0.2) is 0 Å². The molecule has 2 N–H and O–H groups in total. The van der Waals surface area contributed by atoms with Crippen LogP contribution in [0.3, 0.4) is 0 Å². The van der Waals surface area contributed by atoms with Crippen LogP contribution >= 0.6 is 0 Å². The van der Waals surface area contributed by atoms with Crippen molar-refractivity contribution in [2.24, 2.45) is 0 Å². The molecule has 78 valence electrons. The first-order chi connectivity index (χ1) is 6.02. The Bertz CT molecular complexity index is 184. The van der Waals surface area contributed by atoms with Gasteiger partial charge in [0, 0.05) is 28.9 Å². The molecule has 0 aromatic rings. The Labute approximate surface area is 81.2 Å². The van der Waals surface area contributed by atoms with Gasteiger partial charge in [-0.3, -0.25) is 9.00 Å². The van der Waals surface area contributed by atoms with Gasteiger partial charge in [-0.05, 0) is 19.9 Å². The molecule has 0 saturated carbocycles. The Kier molecular flexibility index (Phi) is 6.80. The average molecular weight is 207 g/mol. The molecule has 13 heavy (non-hydrogen) atoms. The third-order valence-corrected chi connectivity index (χ3v) is 2.45. The monoisotopic (exact) mass is 207 g/mol. The van der Waals surface area contributed by atoms with Crippen LogP contribution < -0.4 is 5.32 Å². The fourth-order valence-corrected chi connectivity index (χ4v) is 1.51. The Morgan fingerprint density at radius 1 is 1.62 bits per heavy atom. The van der Waals surface area contributed by atoms with Crippen molar-refractivity contribution in [2.75, 3.05) is 18.6 Å². The molecule has 0 amide bonds. The predicted molar refractivity (Wildman–Crippen MR) is 53.3 cm³/mol. The second kappa shape index (κ2) is 7.03. The first-order valence-corrected chi connectivity index (χ1v) is 6.00. The molecule has 4 nitrogen and oxygen atoms in total. The lowest BCUT2D eigenvalue weighted by molar-refractivity contribution is -0.137. The summed E-state index contributed by atoms with van der Waals surface area (Å²) < 4.78 is 10.7. The van der Waals surface area contributed by atoms with Gasteiger partial charge in [0.2, 0.25) is 0 Å². The molecule has 0 aliphatic heterocycles. The molecule has 0 radical (unpaired) electrons. The van der Waals surface area contributed by atoms with Crippen LogP contribution in [0.4, 0.5) is 0 Å². The molecule has 0 aromatic carbocycles. The molecule has 2 unspecified atom stereocenters. The first kappa shape index (κ1) is 12.6. The Morgan fingerprint density at radius 2 is 2.23 bits per heavy atom. The minimum atomic E-state index is -0.793. The SMILES string of the molecule is CC(CC(=O)O)NCCCS(C)=O. The van der Waals surface area contributed by atoms with Gasteiger partial charge in [0.25, 0.3) is 0 Å². The molecule has 0 aliphatic carbocycles. The lowest BCUT2D eigenvalue weighted by Gasteiger charge is -2.10. The number of aliphatic carboxylic acids is 1. The summed E-state index contributed by atoms with van der Waals surface area (Å²) >= 11 is 0. The Hall–Kier alpha value is -0.420. The highest BCUT2D eigenvalue weighted by Crippen LogP contribution is 1.90. The maximum absolute atomic E-state index is 10.7. The van der Waals surface area contributed by atoms with Crippen LogP contribution in [0.25, 0.3) is 0 Å². The molecule has 0 bridgehead atoms. The van der Waals surface area contributed by atoms with Crippen molar-refractivity contribution >= 4 is 16.8 Å².